The van der Waals surface area contributed by atoms with E-state index in [9.17, 15) is 22.8 Å². The molecule has 126 valence electrons. The number of hydrogen-bond acceptors (Lipinski definition) is 7. The molecule has 2 rings (SSSR count). The highest BCUT2D eigenvalue weighted by molar-refractivity contribution is 5.58. The third-order valence-corrected chi connectivity index (χ3v) is 2.76. The molecule has 1 aromatic heterocycles. The van der Waals surface area contributed by atoms with Crippen LogP contribution in [0.3, 0.4) is 0 Å². The van der Waals surface area contributed by atoms with E-state index in [2.05, 4.69) is 14.7 Å². The molecule has 1 aromatic rings. The zero-order valence-corrected chi connectivity index (χ0v) is 11.1. The minimum absolute atomic E-state index is 0.0896. The Morgan fingerprint density at radius 2 is 1.87 bits per heavy atom. The Morgan fingerprint density at radius 3 is 2.39 bits per heavy atom. The van der Waals surface area contributed by atoms with Gasteiger partial charge in [0, 0.05) is 5.56 Å². The normalized spacial score (nSPS) is 17.5. The number of carbonyl (C=O) groups is 2. The first-order valence-electron chi connectivity index (χ1n) is 5.94. The van der Waals surface area contributed by atoms with Crippen molar-refractivity contribution in [1.29, 1.82) is 0 Å². The number of carboxylic acid groups (broad SMARTS) is 2. The van der Waals surface area contributed by atoms with Crippen LogP contribution in [0.1, 0.15) is 23.0 Å². The van der Waals surface area contributed by atoms with Gasteiger partial charge < -0.3 is 14.9 Å². The average Bonchev–Trinajstić information content (AvgIpc) is 2.43. The molecular formula is C11H9F3N2O7. The predicted molar refractivity (Wildman–Crippen MR) is 61.7 cm³/mol. The summed E-state index contributed by atoms with van der Waals surface area (Å²) >= 11 is 0. The highest BCUT2D eigenvalue weighted by atomic mass is 19.4. The van der Waals surface area contributed by atoms with E-state index in [1.54, 1.807) is 0 Å². The van der Waals surface area contributed by atoms with Gasteiger partial charge in [0.2, 0.25) is 0 Å². The van der Waals surface area contributed by atoms with Crippen LogP contribution in [0.2, 0.25) is 0 Å². The third-order valence-electron chi connectivity index (χ3n) is 2.76. The molecule has 2 N–H and O–H groups in total. The highest BCUT2D eigenvalue weighted by Gasteiger charge is 2.37. The molecule has 2 heterocycles. The maximum Gasteiger partial charge on any atom is 0.528 e. The molecule has 0 amide bonds. The molecular weight excluding hydrogens is 329 g/mol. The lowest BCUT2D eigenvalue weighted by Crippen LogP contribution is -2.38. The van der Waals surface area contributed by atoms with Gasteiger partial charge in [-0.05, 0) is 6.07 Å². The molecule has 0 saturated heterocycles. The van der Waals surface area contributed by atoms with Crippen molar-refractivity contribution in [2.45, 2.75) is 18.8 Å². The molecule has 1 aliphatic rings. The number of ether oxygens (including phenoxy) is 1. The summed E-state index contributed by atoms with van der Waals surface area (Å²) in [4.78, 5) is 32.9. The van der Waals surface area contributed by atoms with Gasteiger partial charge in [-0.25, -0.2) is 14.6 Å². The van der Waals surface area contributed by atoms with E-state index in [1.165, 1.54) is 0 Å². The molecule has 0 saturated carbocycles. The lowest BCUT2D eigenvalue weighted by atomic mass is 10.0. The van der Waals surface area contributed by atoms with Gasteiger partial charge in [0.25, 0.3) is 0 Å². The van der Waals surface area contributed by atoms with Gasteiger partial charge in [-0.15, -0.1) is 0 Å². The number of rotatable bonds is 3. The number of hydroxylamine groups is 2. The summed E-state index contributed by atoms with van der Waals surface area (Å²) in [5.74, 6) is 0. The van der Waals surface area contributed by atoms with Gasteiger partial charge in [0.05, 0.1) is 24.1 Å². The van der Waals surface area contributed by atoms with Crippen molar-refractivity contribution in [2.24, 2.45) is 0 Å². The molecule has 12 heteroatoms. The molecule has 0 fully saturated rings. The second-order valence-electron chi connectivity index (χ2n) is 4.26. The van der Waals surface area contributed by atoms with Crippen LogP contribution in [-0.2, 0) is 27.2 Å². The van der Waals surface area contributed by atoms with Crippen LogP contribution in [0.4, 0.5) is 22.8 Å². The van der Waals surface area contributed by atoms with Crippen LogP contribution in [0.15, 0.2) is 12.1 Å². The Kier molecular flexibility index (Phi) is 4.56. The van der Waals surface area contributed by atoms with Crippen molar-refractivity contribution < 1.29 is 47.4 Å². The van der Waals surface area contributed by atoms with Crippen molar-refractivity contribution in [3.05, 3.63) is 29.1 Å². The SMILES string of the molecule is O=C(O)ON(OC(=O)O)C1COCc2nc(C(F)(F)F)ccc21. The fraction of sp³-hybridized carbons (Fsp3) is 0.364. The number of hydrogen-bond donors (Lipinski definition) is 2. The van der Waals surface area contributed by atoms with Gasteiger partial charge in [0.1, 0.15) is 11.7 Å². The summed E-state index contributed by atoms with van der Waals surface area (Å²) in [6.07, 6.45) is -8.42. The zero-order valence-electron chi connectivity index (χ0n) is 11.1. The van der Waals surface area contributed by atoms with Gasteiger partial charge in [-0.1, -0.05) is 6.07 Å². The Labute approximate surface area is 125 Å². The van der Waals surface area contributed by atoms with E-state index in [0.717, 1.165) is 6.07 Å². The van der Waals surface area contributed by atoms with E-state index in [0.29, 0.717) is 6.07 Å². The second kappa shape index (κ2) is 6.26. The number of pyridine rings is 1. The van der Waals surface area contributed by atoms with Crippen LogP contribution in [-0.4, -0.2) is 39.3 Å². The second-order valence-corrected chi connectivity index (χ2v) is 4.26. The summed E-state index contributed by atoms with van der Waals surface area (Å²) in [5.41, 5.74) is -1.21. The van der Waals surface area contributed by atoms with Crippen LogP contribution < -0.4 is 0 Å². The number of alkyl halides is 3. The lowest BCUT2D eigenvalue weighted by Gasteiger charge is -2.30. The molecule has 1 unspecified atom stereocenters. The Bertz CT molecular complexity index is 606. The van der Waals surface area contributed by atoms with Gasteiger partial charge >= 0.3 is 18.5 Å². The maximum absolute atomic E-state index is 12.6. The number of fused-ring (bicyclic) bond motifs is 1. The maximum atomic E-state index is 12.6. The summed E-state index contributed by atoms with van der Waals surface area (Å²) < 4.78 is 42.9. The molecule has 0 spiro atoms. The van der Waals surface area contributed by atoms with E-state index < -0.39 is 30.2 Å². The van der Waals surface area contributed by atoms with Crippen molar-refractivity contribution >= 4 is 12.3 Å². The van der Waals surface area contributed by atoms with Crippen molar-refractivity contribution in [2.75, 3.05) is 6.61 Å². The number of aromatic nitrogens is 1. The van der Waals surface area contributed by atoms with Gasteiger partial charge in [0.15, 0.2) is 0 Å². The topological polar surface area (TPSA) is 118 Å². The molecule has 0 radical (unpaired) electrons. The van der Waals surface area contributed by atoms with Crippen LogP contribution in [0.25, 0.3) is 0 Å². The fourth-order valence-electron chi connectivity index (χ4n) is 1.92. The van der Waals surface area contributed by atoms with Crippen LogP contribution in [0, 0.1) is 0 Å². The summed E-state index contributed by atoms with van der Waals surface area (Å²) in [6.45, 7) is -0.537. The molecule has 23 heavy (non-hydrogen) atoms. The van der Waals surface area contributed by atoms with Crippen molar-refractivity contribution in [3.8, 4) is 0 Å². The molecule has 0 aliphatic carbocycles. The van der Waals surface area contributed by atoms with Gasteiger partial charge in [-0.2, -0.15) is 13.2 Å². The average molecular weight is 338 g/mol. The van der Waals surface area contributed by atoms with Gasteiger partial charge in [-0.3, -0.25) is 9.68 Å². The summed E-state index contributed by atoms with van der Waals surface area (Å²) in [7, 11) is 0. The Morgan fingerprint density at radius 1 is 1.26 bits per heavy atom. The number of nitrogens with zero attached hydrogens (tertiary/aromatic N) is 2. The summed E-state index contributed by atoms with van der Waals surface area (Å²) in [5, 5.41) is 17.3. The van der Waals surface area contributed by atoms with Crippen LogP contribution in [0.5, 0.6) is 0 Å². The first-order chi connectivity index (χ1) is 10.7. The first kappa shape index (κ1) is 16.8. The van der Waals surface area contributed by atoms with E-state index >= 15 is 0 Å². The van der Waals surface area contributed by atoms with E-state index in [-0.39, 0.29) is 29.7 Å². The summed E-state index contributed by atoms with van der Waals surface area (Å²) in [6, 6.07) is 0.472. The van der Waals surface area contributed by atoms with E-state index in [1.807, 2.05) is 0 Å². The predicted octanol–water partition coefficient (Wildman–Crippen LogP) is 2.19. The zero-order chi connectivity index (χ0) is 17.2. The number of halogens is 3. The standard InChI is InChI=1S/C11H9F3N2O7/c12-11(13,14)8-2-1-5-6(15-8)3-21-4-7(5)16(22-9(17)18)23-10(19)20/h1-2,7H,3-4H2,(H,17,18)(H,19,20). The quantitative estimate of drug-likeness (QED) is 0.799. The van der Waals surface area contributed by atoms with Crippen LogP contribution >= 0.6 is 0 Å². The van der Waals surface area contributed by atoms with E-state index in [4.69, 9.17) is 14.9 Å². The first-order valence-corrected chi connectivity index (χ1v) is 5.94. The molecule has 1 aliphatic heterocycles. The monoisotopic (exact) mass is 338 g/mol. The fourth-order valence-corrected chi connectivity index (χ4v) is 1.92. The smallest absolute Gasteiger partial charge is 0.448 e. The van der Waals surface area contributed by atoms with Crippen molar-refractivity contribution in [1.82, 2.24) is 10.2 Å². The molecule has 0 bridgehead atoms. The highest BCUT2D eigenvalue weighted by Crippen LogP contribution is 2.33. The third kappa shape index (κ3) is 3.98. The Hall–Kier alpha value is -2.60. The lowest BCUT2D eigenvalue weighted by molar-refractivity contribution is -0.342. The molecule has 9 nitrogen and oxygen atoms in total. The Balaban J connectivity index is 2.35. The minimum atomic E-state index is -4.67. The molecule has 1 atom stereocenters. The largest absolute Gasteiger partial charge is 0.528 e. The minimum Gasteiger partial charge on any atom is -0.448 e. The molecule has 0 aromatic carbocycles. The van der Waals surface area contributed by atoms with Crippen molar-refractivity contribution in [3.63, 3.8) is 0 Å².